The van der Waals surface area contributed by atoms with Gasteiger partial charge in [-0.25, -0.2) is 0 Å². The second-order valence-corrected chi connectivity index (χ2v) is 12.1. The molecule has 0 bridgehead atoms. The Morgan fingerprint density at radius 1 is 1.21 bits per heavy atom. The molecule has 1 unspecified atom stereocenters. The first-order chi connectivity index (χ1) is 18.5. The van der Waals surface area contributed by atoms with Crippen molar-refractivity contribution in [1.82, 2.24) is 15.4 Å². The van der Waals surface area contributed by atoms with Gasteiger partial charge in [0.25, 0.3) is 0 Å². The number of hydrogen-bond acceptors (Lipinski definition) is 8. The number of nitrogens with zero attached hydrogens (tertiary/aromatic N) is 3. The number of ether oxygens (including phenoxy) is 1. The van der Waals surface area contributed by atoms with Gasteiger partial charge < -0.3 is 24.6 Å². The topological polar surface area (TPSA) is 94.6 Å². The van der Waals surface area contributed by atoms with Crippen molar-refractivity contribution < 1.29 is 14.4 Å². The Labute approximate surface area is 230 Å². The Bertz CT molecular complexity index is 1190. The van der Waals surface area contributed by atoms with E-state index in [2.05, 4.69) is 54.6 Å². The van der Waals surface area contributed by atoms with Crippen molar-refractivity contribution in [3.05, 3.63) is 45.3 Å². The van der Waals surface area contributed by atoms with Crippen molar-refractivity contribution in [3.63, 3.8) is 0 Å². The van der Waals surface area contributed by atoms with Crippen molar-refractivity contribution in [1.29, 1.82) is 5.26 Å². The third-order valence-electron chi connectivity index (χ3n) is 7.71. The van der Waals surface area contributed by atoms with E-state index in [0.29, 0.717) is 18.4 Å². The number of aromatic nitrogens is 1. The molecule has 0 aliphatic heterocycles. The van der Waals surface area contributed by atoms with Crippen LogP contribution in [0.25, 0.3) is 11.0 Å². The molecule has 1 aromatic carbocycles. The van der Waals surface area contributed by atoms with Crippen LogP contribution in [0.3, 0.4) is 0 Å². The van der Waals surface area contributed by atoms with Gasteiger partial charge in [0.05, 0.1) is 24.0 Å². The lowest BCUT2D eigenvalue weighted by molar-refractivity contribution is 0.0914. The Hall–Kier alpha value is -2.44. The molecule has 1 atom stereocenters. The average molecular weight is 539 g/mol. The standard InChI is InChI=1S/C30H42N4O3S/c1-4-21(15-16-32-18-25-11-10-24(17-31)38-25)7-13-28-26-12-14-29(27(19-34(2)3)30(26)37-33-28)36-20-22-5-8-23(35)9-6-22/h10-12,14,21-23,32,35H,4-9,13,15-16,18-20H2,1-3H3. The number of benzene rings is 1. The average Bonchev–Trinajstić information content (AvgIpc) is 3.55. The molecular formula is C30H42N4O3S. The lowest BCUT2D eigenvalue weighted by atomic mass is 9.88. The van der Waals surface area contributed by atoms with E-state index in [9.17, 15) is 5.11 Å². The van der Waals surface area contributed by atoms with Gasteiger partial charge in [0.1, 0.15) is 16.7 Å². The maximum absolute atomic E-state index is 9.80. The van der Waals surface area contributed by atoms with Crippen molar-refractivity contribution in [2.45, 2.75) is 77.5 Å². The third-order valence-corrected chi connectivity index (χ3v) is 8.70. The molecule has 1 aliphatic rings. The van der Waals surface area contributed by atoms with E-state index in [1.807, 2.05) is 12.1 Å². The van der Waals surface area contributed by atoms with Crippen molar-refractivity contribution >= 4 is 22.3 Å². The van der Waals surface area contributed by atoms with Crippen LogP contribution < -0.4 is 10.1 Å². The van der Waals surface area contributed by atoms with Gasteiger partial charge in [0, 0.05) is 23.4 Å². The second kappa shape index (κ2) is 14.1. The number of thiophene rings is 1. The lowest BCUT2D eigenvalue weighted by Crippen LogP contribution is -2.23. The smallest absolute Gasteiger partial charge is 0.175 e. The Morgan fingerprint density at radius 2 is 2.03 bits per heavy atom. The Morgan fingerprint density at radius 3 is 2.74 bits per heavy atom. The maximum atomic E-state index is 9.80. The van der Waals surface area contributed by atoms with Gasteiger partial charge >= 0.3 is 0 Å². The van der Waals surface area contributed by atoms with Crippen LogP contribution in [0.1, 0.15) is 72.9 Å². The zero-order valence-corrected chi connectivity index (χ0v) is 23.9. The van der Waals surface area contributed by atoms with Crippen LogP contribution in [-0.4, -0.2) is 48.5 Å². The zero-order chi connectivity index (χ0) is 26.9. The van der Waals surface area contributed by atoms with E-state index in [4.69, 9.17) is 14.5 Å². The summed E-state index contributed by atoms with van der Waals surface area (Å²) >= 11 is 1.56. The third kappa shape index (κ3) is 7.79. The van der Waals surface area contributed by atoms with Crippen LogP contribution in [0, 0.1) is 23.2 Å². The molecule has 206 valence electrons. The first-order valence-electron chi connectivity index (χ1n) is 14.0. The maximum Gasteiger partial charge on any atom is 0.175 e. The van der Waals surface area contributed by atoms with Crippen LogP contribution in [-0.2, 0) is 19.5 Å². The molecule has 0 radical (unpaired) electrons. The van der Waals surface area contributed by atoms with E-state index in [1.54, 1.807) is 11.3 Å². The fraction of sp³-hybridized carbons (Fsp3) is 0.600. The number of hydrogen-bond donors (Lipinski definition) is 2. The number of fused-ring (bicyclic) bond motifs is 1. The summed E-state index contributed by atoms with van der Waals surface area (Å²) in [6.45, 7) is 5.45. The molecule has 1 saturated carbocycles. The molecular weight excluding hydrogens is 496 g/mol. The summed E-state index contributed by atoms with van der Waals surface area (Å²) in [6, 6.07) is 10.3. The molecule has 0 spiro atoms. The fourth-order valence-corrected chi connectivity index (χ4v) is 6.11. The van der Waals surface area contributed by atoms with Gasteiger partial charge in [-0.05, 0) is 102 Å². The van der Waals surface area contributed by atoms with Gasteiger partial charge in [-0.3, -0.25) is 0 Å². The first-order valence-corrected chi connectivity index (χ1v) is 14.8. The highest BCUT2D eigenvalue weighted by Crippen LogP contribution is 2.33. The molecule has 0 amide bonds. The van der Waals surface area contributed by atoms with Crippen molar-refractivity contribution in [2.75, 3.05) is 27.2 Å². The van der Waals surface area contributed by atoms with Crippen LogP contribution >= 0.6 is 11.3 Å². The molecule has 3 aromatic rings. The second-order valence-electron chi connectivity index (χ2n) is 10.9. The van der Waals surface area contributed by atoms with Crippen LogP contribution in [0.4, 0.5) is 0 Å². The summed E-state index contributed by atoms with van der Waals surface area (Å²) in [4.78, 5) is 4.11. The predicted octanol–water partition coefficient (Wildman–Crippen LogP) is 5.89. The molecule has 4 rings (SSSR count). The molecule has 0 saturated heterocycles. The number of nitriles is 1. The molecule has 8 heteroatoms. The summed E-state index contributed by atoms with van der Waals surface area (Å²) in [5.41, 5.74) is 2.93. The molecule has 7 nitrogen and oxygen atoms in total. The highest BCUT2D eigenvalue weighted by atomic mass is 32.1. The Balaban J connectivity index is 1.34. The van der Waals surface area contributed by atoms with E-state index < -0.39 is 0 Å². The summed E-state index contributed by atoms with van der Waals surface area (Å²) in [7, 11) is 4.12. The first kappa shape index (κ1) is 28.6. The monoisotopic (exact) mass is 538 g/mol. The van der Waals surface area contributed by atoms with E-state index >= 15 is 0 Å². The highest BCUT2D eigenvalue weighted by Gasteiger charge is 2.22. The minimum absolute atomic E-state index is 0.145. The van der Waals surface area contributed by atoms with Gasteiger partial charge in [-0.1, -0.05) is 18.5 Å². The number of aliphatic hydroxyl groups excluding tert-OH is 1. The normalized spacial score (nSPS) is 18.6. The minimum atomic E-state index is -0.145. The van der Waals surface area contributed by atoms with E-state index in [0.717, 1.165) is 104 Å². The largest absolute Gasteiger partial charge is 0.493 e. The molecule has 2 N–H and O–H groups in total. The fourth-order valence-electron chi connectivity index (χ4n) is 5.34. The highest BCUT2D eigenvalue weighted by molar-refractivity contribution is 7.12. The van der Waals surface area contributed by atoms with Gasteiger partial charge in [-0.15, -0.1) is 11.3 Å². The van der Waals surface area contributed by atoms with Crippen molar-refractivity contribution in [2.24, 2.45) is 11.8 Å². The molecule has 2 aromatic heterocycles. The lowest BCUT2D eigenvalue weighted by Gasteiger charge is -2.26. The van der Waals surface area contributed by atoms with Crippen LogP contribution in [0.15, 0.2) is 28.8 Å². The summed E-state index contributed by atoms with van der Waals surface area (Å²) in [5, 5.41) is 27.9. The number of rotatable bonds is 14. The summed E-state index contributed by atoms with van der Waals surface area (Å²) in [5.74, 6) is 1.99. The molecule has 1 fully saturated rings. The number of aryl methyl sites for hydroxylation is 1. The number of nitrogens with one attached hydrogen (secondary N) is 1. The van der Waals surface area contributed by atoms with Gasteiger partial charge in [0.15, 0.2) is 5.58 Å². The molecule has 38 heavy (non-hydrogen) atoms. The summed E-state index contributed by atoms with van der Waals surface area (Å²) < 4.78 is 12.3. The van der Waals surface area contributed by atoms with E-state index in [1.165, 1.54) is 4.88 Å². The summed E-state index contributed by atoms with van der Waals surface area (Å²) in [6.07, 6.45) is 7.85. The van der Waals surface area contributed by atoms with Crippen LogP contribution in [0.2, 0.25) is 0 Å². The molecule has 2 heterocycles. The zero-order valence-electron chi connectivity index (χ0n) is 23.0. The number of aliphatic hydroxyl groups is 1. The predicted molar refractivity (Wildman–Crippen MR) is 152 cm³/mol. The van der Waals surface area contributed by atoms with E-state index in [-0.39, 0.29) is 6.10 Å². The van der Waals surface area contributed by atoms with Gasteiger partial charge in [0.2, 0.25) is 0 Å². The SMILES string of the molecule is CCC(CCNCc1ccc(C#N)s1)CCc1noc2c(CN(C)C)c(OCC3CCC(O)CC3)ccc12. The van der Waals surface area contributed by atoms with Gasteiger partial charge in [-0.2, -0.15) is 5.26 Å². The van der Waals surface area contributed by atoms with Crippen molar-refractivity contribution in [3.8, 4) is 11.8 Å². The molecule has 1 aliphatic carbocycles. The Kier molecular flexibility index (Phi) is 10.6. The minimum Gasteiger partial charge on any atom is -0.493 e. The quantitative estimate of drug-likeness (QED) is 0.247. The van der Waals surface area contributed by atoms with Crippen LogP contribution in [0.5, 0.6) is 5.75 Å².